The molecule has 6 heteroatoms. The fourth-order valence-corrected chi connectivity index (χ4v) is 2.71. The number of carbonyl (C=O) groups excluding carboxylic acids is 1. The van der Waals surface area contributed by atoms with Crippen LogP contribution in [0.4, 0.5) is 0 Å². The highest BCUT2D eigenvalue weighted by Gasteiger charge is 2.37. The summed E-state index contributed by atoms with van der Waals surface area (Å²) in [6.07, 6.45) is 2.45. The summed E-state index contributed by atoms with van der Waals surface area (Å²) < 4.78 is 10.9. The topological polar surface area (TPSA) is 74.4 Å². The molecular formula is C16H14N2O3S. The average Bonchev–Trinajstić information content (AvgIpc) is 2.85. The Bertz CT molecular complexity index is 689. The smallest absolute Gasteiger partial charge is 0.249 e. The molecule has 1 aromatic heterocycles. The van der Waals surface area contributed by atoms with Crippen molar-refractivity contribution in [2.45, 2.75) is 11.9 Å². The van der Waals surface area contributed by atoms with E-state index in [4.69, 9.17) is 14.7 Å². The van der Waals surface area contributed by atoms with Crippen molar-refractivity contribution in [2.75, 3.05) is 0 Å². The highest BCUT2D eigenvalue weighted by atomic mass is 32.2. The van der Waals surface area contributed by atoms with E-state index in [0.717, 1.165) is 17.6 Å². The highest BCUT2D eigenvalue weighted by Crippen LogP contribution is 2.33. The molecule has 22 heavy (non-hydrogen) atoms. The second kappa shape index (κ2) is 6.53. The van der Waals surface area contributed by atoms with Crippen LogP contribution in [0.15, 0.2) is 66.5 Å². The molecule has 0 radical (unpaired) electrons. The van der Waals surface area contributed by atoms with Crippen molar-refractivity contribution in [1.29, 1.82) is 0 Å². The SMILES string of the molecule is NC1=C(OSCc2ccccc2)C(=O)C(c2ccncc2)O1. The van der Waals surface area contributed by atoms with Gasteiger partial charge in [0.2, 0.25) is 17.4 Å². The summed E-state index contributed by atoms with van der Waals surface area (Å²) in [5.74, 6) is 0.435. The van der Waals surface area contributed by atoms with Crippen molar-refractivity contribution in [2.24, 2.45) is 5.73 Å². The third kappa shape index (κ3) is 3.07. The Morgan fingerprint density at radius 2 is 1.91 bits per heavy atom. The van der Waals surface area contributed by atoms with Gasteiger partial charge in [-0.25, -0.2) is 0 Å². The van der Waals surface area contributed by atoms with Crippen molar-refractivity contribution in [3.8, 4) is 0 Å². The summed E-state index contributed by atoms with van der Waals surface area (Å²) in [5, 5.41) is 0. The zero-order chi connectivity index (χ0) is 15.4. The number of pyridine rings is 1. The average molecular weight is 314 g/mol. The number of hydrogen-bond donors (Lipinski definition) is 1. The molecule has 0 fully saturated rings. The molecule has 1 atom stereocenters. The van der Waals surface area contributed by atoms with E-state index in [9.17, 15) is 4.79 Å². The lowest BCUT2D eigenvalue weighted by Crippen LogP contribution is -2.10. The van der Waals surface area contributed by atoms with Gasteiger partial charge in [-0.15, -0.1) is 0 Å². The van der Waals surface area contributed by atoms with E-state index >= 15 is 0 Å². The first-order valence-corrected chi connectivity index (χ1v) is 7.60. The minimum absolute atomic E-state index is 0.0207. The lowest BCUT2D eigenvalue weighted by Gasteiger charge is -2.08. The van der Waals surface area contributed by atoms with Crippen molar-refractivity contribution in [3.63, 3.8) is 0 Å². The molecule has 1 aromatic carbocycles. The largest absolute Gasteiger partial charge is 0.460 e. The lowest BCUT2D eigenvalue weighted by molar-refractivity contribution is -0.122. The van der Waals surface area contributed by atoms with Gasteiger partial charge in [0, 0.05) is 18.0 Å². The van der Waals surface area contributed by atoms with Crippen molar-refractivity contribution >= 4 is 17.8 Å². The molecule has 2 N–H and O–H groups in total. The Morgan fingerprint density at radius 3 is 2.64 bits per heavy atom. The summed E-state index contributed by atoms with van der Waals surface area (Å²) >= 11 is 1.16. The van der Waals surface area contributed by atoms with Crippen LogP contribution >= 0.6 is 12.0 Å². The van der Waals surface area contributed by atoms with Gasteiger partial charge in [-0.05, 0) is 17.7 Å². The first kappa shape index (κ1) is 14.5. The monoisotopic (exact) mass is 314 g/mol. The van der Waals surface area contributed by atoms with Crippen LogP contribution in [-0.4, -0.2) is 10.8 Å². The Labute approximate surface area is 132 Å². The Kier molecular flexibility index (Phi) is 4.29. The minimum atomic E-state index is -0.754. The number of aromatic nitrogens is 1. The summed E-state index contributed by atoms with van der Waals surface area (Å²) in [6.45, 7) is 0. The molecule has 0 saturated carbocycles. The minimum Gasteiger partial charge on any atom is -0.460 e. The van der Waals surface area contributed by atoms with Gasteiger partial charge in [0.1, 0.15) is 0 Å². The van der Waals surface area contributed by atoms with Gasteiger partial charge < -0.3 is 14.7 Å². The number of hydrogen-bond acceptors (Lipinski definition) is 6. The molecule has 1 aliphatic heterocycles. The van der Waals surface area contributed by atoms with E-state index < -0.39 is 6.10 Å². The number of nitrogens with zero attached hydrogens (tertiary/aromatic N) is 1. The lowest BCUT2D eigenvalue weighted by atomic mass is 10.1. The third-order valence-electron chi connectivity index (χ3n) is 3.15. The van der Waals surface area contributed by atoms with E-state index in [2.05, 4.69) is 4.98 Å². The molecule has 2 heterocycles. The standard InChI is InChI=1S/C16H14N2O3S/c17-16-15(21-22-10-11-4-2-1-3-5-11)13(19)14(20-16)12-6-8-18-9-7-12/h1-9,14H,10,17H2. The normalized spacial score (nSPS) is 17.5. The van der Waals surface area contributed by atoms with Gasteiger partial charge >= 0.3 is 0 Å². The molecule has 5 nitrogen and oxygen atoms in total. The number of Topliss-reactive ketones (excluding diaryl/α,β-unsaturated/α-hetero) is 1. The van der Waals surface area contributed by atoms with Crippen LogP contribution in [-0.2, 0) is 19.5 Å². The summed E-state index contributed by atoms with van der Waals surface area (Å²) in [5.41, 5.74) is 7.56. The predicted molar refractivity (Wildman–Crippen MR) is 83.1 cm³/mol. The van der Waals surface area contributed by atoms with Gasteiger partial charge in [0.25, 0.3) is 0 Å². The molecule has 1 unspecified atom stereocenters. The molecule has 1 aliphatic rings. The van der Waals surface area contributed by atoms with Crippen molar-refractivity contribution in [3.05, 3.63) is 77.6 Å². The number of nitrogens with two attached hydrogens (primary N) is 1. The molecule has 3 rings (SSSR count). The third-order valence-corrected chi connectivity index (χ3v) is 3.89. The highest BCUT2D eigenvalue weighted by molar-refractivity contribution is 7.94. The van der Waals surface area contributed by atoms with E-state index in [-0.39, 0.29) is 17.4 Å². The fraction of sp³-hybridized carbons (Fsp3) is 0.125. The molecule has 0 bridgehead atoms. The molecule has 0 saturated heterocycles. The molecule has 0 aliphatic carbocycles. The zero-order valence-electron chi connectivity index (χ0n) is 11.6. The van der Waals surface area contributed by atoms with E-state index in [1.807, 2.05) is 30.3 Å². The van der Waals surface area contributed by atoms with E-state index in [1.54, 1.807) is 24.5 Å². The second-order valence-electron chi connectivity index (χ2n) is 4.67. The molecule has 0 amide bonds. The molecule has 2 aromatic rings. The number of ketones is 1. The molecule has 0 spiro atoms. The van der Waals surface area contributed by atoms with Crippen LogP contribution in [0.3, 0.4) is 0 Å². The predicted octanol–water partition coefficient (Wildman–Crippen LogP) is 2.71. The maximum absolute atomic E-state index is 12.3. The van der Waals surface area contributed by atoms with Crippen molar-refractivity contribution < 1.29 is 13.7 Å². The summed E-state index contributed by atoms with van der Waals surface area (Å²) in [6, 6.07) is 13.3. The summed E-state index contributed by atoms with van der Waals surface area (Å²) in [4.78, 5) is 16.3. The number of carbonyl (C=O) groups is 1. The van der Waals surface area contributed by atoms with Gasteiger partial charge in [-0.2, -0.15) is 0 Å². The molecular weight excluding hydrogens is 300 g/mol. The second-order valence-corrected chi connectivity index (χ2v) is 5.36. The van der Waals surface area contributed by atoms with Gasteiger partial charge in [-0.1, -0.05) is 30.3 Å². The number of ether oxygens (including phenoxy) is 1. The zero-order valence-corrected chi connectivity index (χ0v) is 12.5. The first-order chi connectivity index (χ1) is 10.8. The van der Waals surface area contributed by atoms with Crippen LogP contribution in [0, 0.1) is 0 Å². The quantitative estimate of drug-likeness (QED) is 0.855. The van der Waals surface area contributed by atoms with Gasteiger partial charge in [-0.3, -0.25) is 9.78 Å². The van der Waals surface area contributed by atoms with Crippen LogP contribution < -0.4 is 5.73 Å². The Hall–Kier alpha value is -2.47. The van der Waals surface area contributed by atoms with Crippen LogP contribution in [0.1, 0.15) is 17.2 Å². The summed E-state index contributed by atoms with van der Waals surface area (Å²) in [7, 11) is 0. The maximum Gasteiger partial charge on any atom is 0.249 e. The number of rotatable bonds is 5. The van der Waals surface area contributed by atoms with Crippen molar-refractivity contribution in [1.82, 2.24) is 4.98 Å². The van der Waals surface area contributed by atoms with Gasteiger partial charge in [0.15, 0.2) is 6.10 Å². The fourth-order valence-electron chi connectivity index (χ4n) is 2.04. The number of benzene rings is 1. The van der Waals surface area contributed by atoms with Crippen LogP contribution in [0.25, 0.3) is 0 Å². The molecule has 112 valence electrons. The van der Waals surface area contributed by atoms with Crippen LogP contribution in [0.2, 0.25) is 0 Å². The first-order valence-electron chi connectivity index (χ1n) is 6.69. The van der Waals surface area contributed by atoms with E-state index in [0.29, 0.717) is 11.3 Å². The van der Waals surface area contributed by atoms with E-state index in [1.165, 1.54) is 0 Å². The Morgan fingerprint density at radius 1 is 1.18 bits per heavy atom. The maximum atomic E-state index is 12.3. The van der Waals surface area contributed by atoms with Crippen LogP contribution in [0.5, 0.6) is 0 Å². The Balaban J connectivity index is 1.62. The van der Waals surface area contributed by atoms with Gasteiger partial charge in [0.05, 0.1) is 17.8 Å².